The molecule has 1 fully saturated rings. The molecule has 0 spiro atoms. The number of benzene rings is 1. The number of hydrogen-bond donors (Lipinski definition) is 5. The summed E-state index contributed by atoms with van der Waals surface area (Å²) in [6, 6.07) is 5.27. The van der Waals surface area contributed by atoms with Crippen molar-refractivity contribution in [1.82, 2.24) is 10.2 Å². The molecule has 2 rings (SSSR count). The molecule has 1 aliphatic heterocycles. The second kappa shape index (κ2) is 15.2. The average Bonchev–Trinajstić information content (AvgIpc) is 3.18. The summed E-state index contributed by atoms with van der Waals surface area (Å²) >= 11 is 0. The van der Waals surface area contributed by atoms with Crippen LogP contribution in [0.15, 0.2) is 18.2 Å². The van der Waals surface area contributed by atoms with Gasteiger partial charge in [-0.15, -0.1) is 6.42 Å². The van der Waals surface area contributed by atoms with Gasteiger partial charge in [-0.3, -0.25) is 21.3 Å². The molecule has 1 unspecified atom stereocenters. The van der Waals surface area contributed by atoms with Crippen LogP contribution in [0, 0.1) is 17.8 Å². The summed E-state index contributed by atoms with van der Waals surface area (Å²) in [4.78, 5) is 23.6. The fourth-order valence-corrected chi connectivity index (χ4v) is 2.77. The van der Waals surface area contributed by atoms with E-state index in [0.717, 1.165) is 18.5 Å². The summed E-state index contributed by atoms with van der Waals surface area (Å²) in [5.74, 6) is 11.2. The van der Waals surface area contributed by atoms with Gasteiger partial charge < -0.3 is 25.2 Å². The van der Waals surface area contributed by atoms with Gasteiger partial charge in [0.25, 0.3) is 0 Å². The number of aliphatic hydroxyl groups is 2. The molecule has 1 atom stereocenters. The van der Waals surface area contributed by atoms with Crippen molar-refractivity contribution in [2.75, 3.05) is 26.3 Å². The number of ether oxygens (including phenoxy) is 1. The third kappa shape index (κ3) is 12.0. The van der Waals surface area contributed by atoms with E-state index < -0.39 is 0 Å². The molecule has 1 saturated heterocycles. The number of hydrazine groups is 1. The van der Waals surface area contributed by atoms with Crippen molar-refractivity contribution in [2.45, 2.75) is 46.3 Å². The van der Waals surface area contributed by atoms with Gasteiger partial charge in [0.15, 0.2) is 0 Å². The molecule has 1 aliphatic rings. The molecule has 1 aromatic rings. The average molecular weight is 437 g/mol. The van der Waals surface area contributed by atoms with E-state index in [1.807, 2.05) is 0 Å². The summed E-state index contributed by atoms with van der Waals surface area (Å²) < 4.78 is 5.32. The van der Waals surface area contributed by atoms with Gasteiger partial charge in [-0.1, -0.05) is 32.8 Å². The molecule has 9 heteroatoms. The lowest BCUT2D eigenvalue weighted by molar-refractivity contribution is -0.132. The minimum absolute atomic E-state index is 0.0463. The van der Waals surface area contributed by atoms with Crippen LogP contribution in [0.3, 0.4) is 0 Å². The predicted octanol–water partition coefficient (Wildman–Crippen LogP) is 0.120. The third-order valence-electron chi connectivity index (χ3n) is 4.16. The first-order chi connectivity index (χ1) is 14.7. The van der Waals surface area contributed by atoms with E-state index in [-0.39, 0.29) is 30.6 Å². The van der Waals surface area contributed by atoms with E-state index in [4.69, 9.17) is 16.3 Å². The van der Waals surface area contributed by atoms with Crippen molar-refractivity contribution >= 4 is 12.3 Å². The minimum Gasteiger partial charge on any atom is -0.491 e. The maximum Gasteiger partial charge on any atom is 0.223 e. The van der Waals surface area contributed by atoms with E-state index in [0.29, 0.717) is 37.2 Å². The van der Waals surface area contributed by atoms with Gasteiger partial charge in [0.05, 0.1) is 12.7 Å². The Morgan fingerprint density at radius 1 is 1.42 bits per heavy atom. The molecular formula is C22H36N4O5. The molecule has 2 amide bonds. The van der Waals surface area contributed by atoms with Gasteiger partial charge in [0.1, 0.15) is 12.4 Å². The highest BCUT2D eigenvalue weighted by Crippen LogP contribution is 2.22. The molecule has 31 heavy (non-hydrogen) atoms. The fraction of sp³-hybridized carbons (Fsp3) is 0.545. The Labute approximate surface area is 184 Å². The number of terminal acetylenes is 1. The lowest BCUT2D eigenvalue weighted by Crippen LogP contribution is -2.32. The molecule has 7 N–H and O–H groups in total. The Morgan fingerprint density at radius 3 is 2.58 bits per heavy atom. The minimum atomic E-state index is -0.302. The van der Waals surface area contributed by atoms with Crippen LogP contribution in [0.2, 0.25) is 0 Å². The Bertz CT molecular complexity index is 713. The van der Waals surface area contributed by atoms with Gasteiger partial charge >= 0.3 is 0 Å². The summed E-state index contributed by atoms with van der Waals surface area (Å²) in [5.41, 5.74) is 1.56. The van der Waals surface area contributed by atoms with Crippen molar-refractivity contribution in [3.05, 3.63) is 29.3 Å². The number of hydrogen-bond acceptors (Lipinski definition) is 7. The lowest BCUT2D eigenvalue weighted by atomic mass is 9.92. The molecular weight excluding hydrogens is 400 g/mol. The highest BCUT2D eigenvalue weighted by atomic mass is 16.5. The van der Waals surface area contributed by atoms with Crippen molar-refractivity contribution < 1.29 is 24.5 Å². The van der Waals surface area contributed by atoms with Crippen LogP contribution in [0.1, 0.15) is 44.7 Å². The number of amides is 2. The Kier molecular flexibility index (Phi) is 13.9. The number of aliphatic hydroxyl groups excluding tert-OH is 2. The van der Waals surface area contributed by atoms with Gasteiger partial charge in [0.2, 0.25) is 12.3 Å². The number of β-amino-alcohol motifs (C(OH)–C–C–N with tert-alkyl or cyclic N) is 1. The van der Waals surface area contributed by atoms with Crippen LogP contribution < -0.4 is 21.7 Å². The zero-order valence-corrected chi connectivity index (χ0v) is 18.6. The smallest absolute Gasteiger partial charge is 0.223 e. The molecule has 1 heterocycles. The number of nitrogens with zero attached hydrogens (tertiary/aromatic N) is 1. The second-order valence-electron chi connectivity index (χ2n) is 8.06. The zero-order chi connectivity index (χ0) is 23.9. The number of nitrogens with two attached hydrogens (primary N) is 2. The Balaban J connectivity index is 0.000000547. The van der Waals surface area contributed by atoms with Crippen LogP contribution in [-0.4, -0.2) is 59.8 Å². The summed E-state index contributed by atoms with van der Waals surface area (Å²) in [5, 5.41) is 20.5. The number of rotatable bonds is 7. The van der Waals surface area contributed by atoms with Crippen LogP contribution >= 0.6 is 0 Å². The number of carbonyl (C=O) groups is 2. The van der Waals surface area contributed by atoms with Gasteiger partial charge in [-0.05, 0) is 24.0 Å². The van der Waals surface area contributed by atoms with E-state index >= 15 is 0 Å². The van der Waals surface area contributed by atoms with E-state index in [2.05, 4.69) is 43.7 Å². The lowest BCUT2D eigenvalue weighted by Gasteiger charge is -2.22. The molecule has 0 radical (unpaired) electrons. The quantitative estimate of drug-likeness (QED) is 0.176. The highest BCUT2D eigenvalue weighted by Gasteiger charge is 2.27. The first-order valence-corrected chi connectivity index (χ1v) is 9.99. The van der Waals surface area contributed by atoms with Gasteiger partial charge in [-0.25, -0.2) is 0 Å². The second-order valence-corrected chi connectivity index (χ2v) is 8.06. The monoisotopic (exact) mass is 436 g/mol. The summed E-state index contributed by atoms with van der Waals surface area (Å²) in [6.07, 6.45) is 6.89. The molecule has 0 aliphatic carbocycles. The number of nitrogens with one attached hydrogen (secondary N) is 1. The zero-order valence-electron chi connectivity index (χ0n) is 18.6. The molecule has 9 nitrogen and oxygen atoms in total. The largest absolute Gasteiger partial charge is 0.491 e. The van der Waals surface area contributed by atoms with Crippen LogP contribution in [0.25, 0.3) is 0 Å². The first-order valence-electron chi connectivity index (χ1n) is 9.99. The van der Waals surface area contributed by atoms with E-state index in [9.17, 15) is 14.7 Å². The summed E-state index contributed by atoms with van der Waals surface area (Å²) in [7, 11) is 0. The fourth-order valence-electron chi connectivity index (χ4n) is 2.77. The molecule has 174 valence electrons. The molecule has 0 saturated carbocycles. The normalized spacial score (nSPS) is 14.9. The number of carbonyl (C=O) groups excluding carboxylic acids is 2. The van der Waals surface area contributed by atoms with Crippen molar-refractivity contribution in [3.63, 3.8) is 0 Å². The SMILES string of the molecule is C#Cc1ccc(CNC=O)c(OCCO)c1.CC(C)(C)CC(=O)N1CCC(O)C1.NN. The van der Waals surface area contributed by atoms with Gasteiger partial charge in [0, 0.05) is 37.2 Å². The van der Waals surface area contributed by atoms with Crippen molar-refractivity contribution in [1.29, 1.82) is 0 Å². The molecule has 0 bridgehead atoms. The Morgan fingerprint density at radius 2 is 2.10 bits per heavy atom. The van der Waals surface area contributed by atoms with Crippen LogP contribution in [-0.2, 0) is 16.1 Å². The van der Waals surface area contributed by atoms with Crippen LogP contribution in [0.5, 0.6) is 5.75 Å². The predicted molar refractivity (Wildman–Crippen MR) is 120 cm³/mol. The molecule has 0 aromatic heterocycles. The maximum atomic E-state index is 11.6. The summed E-state index contributed by atoms with van der Waals surface area (Å²) in [6.45, 7) is 7.90. The van der Waals surface area contributed by atoms with E-state index in [1.165, 1.54) is 0 Å². The third-order valence-corrected chi connectivity index (χ3v) is 4.16. The number of likely N-dealkylation sites (tertiary alicyclic amines) is 1. The van der Waals surface area contributed by atoms with Crippen LogP contribution in [0.4, 0.5) is 0 Å². The first kappa shape index (κ1) is 28.4. The maximum absolute atomic E-state index is 11.6. The van der Waals surface area contributed by atoms with Crippen molar-refractivity contribution in [2.24, 2.45) is 17.1 Å². The topological polar surface area (TPSA) is 151 Å². The van der Waals surface area contributed by atoms with Gasteiger partial charge in [-0.2, -0.15) is 0 Å². The van der Waals surface area contributed by atoms with Crippen molar-refractivity contribution in [3.8, 4) is 18.1 Å². The molecule has 1 aromatic carbocycles. The highest BCUT2D eigenvalue weighted by molar-refractivity contribution is 5.77. The standard InChI is InChI=1S/C12H13NO3.C10H19NO2.H4N2/c1-2-10-3-4-11(8-13-9-15)12(7-10)16-6-5-14;1-10(2,3)6-9(13)11-5-4-8(12)7-11;1-2/h1,3-4,7,9,14H,5-6,8H2,(H,13,15);8,12H,4-7H2,1-3H3;1-2H2. The Hall–Kier alpha value is -2.64. The van der Waals surface area contributed by atoms with E-state index in [1.54, 1.807) is 23.1 Å².